The van der Waals surface area contributed by atoms with Crippen molar-refractivity contribution in [3.8, 4) is 0 Å². The predicted octanol–water partition coefficient (Wildman–Crippen LogP) is 3.46. The molecule has 1 amide bonds. The van der Waals surface area contributed by atoms with Gasteiger partial charge in [-0.05, 0) is 58.6 Å². The third-order valence-corrected chi connectivity index (χ3v) is 6.84. The second-order valence-electron chi connectivity index (χ2n) is 8.78. The Hall–Kier alpha value is -2.18. The van der Waals surface area contributed by atoms with Crippen LogP contribution in [-0.4, -0.2) is 51.9 Å². The molecule has 6 heteroatoms. The number of aromatic nitrogens is 2. The number of hydrogen-bond donors (Lipinski definition) is 1. The zero-order valence-electron chi connectivity index (χ0n) is 18.5. The molecular weight excluding hydrogens is 376 g/mol. The monoisotopic (exact) mass is 410 g/mol. The molecule has 0 saturated carbocycles. The Bertz CT molecular complexity index is 869. The largest absolute Gasteiger partial charge is 0.370 e. The lowest BCUT2D eigenvalue weighted by Crippen LogP contribution is -2.45. The quantitative estimate of drug-likeness (QED) is 0.792. The standard InChI is InChI=1S/C24H34N4O2/c1-4-28-19(3)22(18(2)26-28)17-27-14-12-24(13-15-27)11-10-21(30-24)16-25-23(29)20-8-6-5-7-9-20/h5-9,21H,4,10-17H2,1-3H3,(H,25,29). The summed E-state index contributed by atoms with van der Waals surface area (Å²) in [6, 6.07) is 9.39. The van der Waals surface area contributed by atoms with E-state index in [1.165, 1.54) is 11.3 Å². The number of piperidine rings is 1. The first kappa shape index (κ1) is 21.1. The second-order valence-corrected chi connectivity index (χ2v) is 8.78. The van der Waals surface area contributed by atoms with Gasteiger partial charge in [-0.15, -0.1) is 0 Å². The number of nitrogens with one attached hydrogen (secondary N) is 1. The average Bonchev–Trinajstić information content (AvgIpc) is 3.29. The molecule has 0 bridgehead atoms. The van der Waals surface area contributed by atoms with E-state index >= 15 is 0 Å². The molecule has 3 heterocycles. The molecule has 0 radical (unpaired) electrons. The molecule has 1 spiro atoms. The Morgan fingerprint density at radius 1 is 1.20 bits per heavy atom. The molecule has 2 fully saturated rings. The topological polar surface area (TPSA) is 59.4 Å². The molecule has 0 aliphatic carbocycles. The van der Waals surface area contributed by atoms with Gasteiger partial charge >= 0.3 is 0 Å². The minimum Gasteiger partial charge on any atom is -0.370 e. The van der Waals surface area contributed by atoms with Gasteiger partial charge in [0.05, 0.1) is 17.4 Å². The number of nitrogens with zero attached hydrogens (tertiary/aromatic N) is 3. The number of likely N-dealkylation sites (tertiary alicyclic amines) is 1. The summed E-state index contributed by atoms with van der Waals surface area (Å²) in [6.45, 7) is 11.0. The van der Waals surface area contributed by atoms with Crippen LogP contribution in [-0.2, 0) is 17.8 Å². The minimum atomic E-state index is -0.0201. The molecule has 30 heavy (non-hydrogen) atoms. The van der Waals surface area contributed by atoms with Crippen LogP contribution in [0.25, 0.3) is 0 Å². The van der Waals surface area contributed by atoms with E-state index in [2.05, 4.69) is 40.8 Å². The summed E-state index contributed by atoms with van der Waals surface area (Å²) in [5.74, 6) is -0.0201. The molecule has 2 saturated heterocycles. The smallest absolute Gasteiger partial charge is 0.251 e. The lowest BCUT2D eigenvalue weighted by molar-refractivity contribution is -0.0764. The molecule has 1 aromatic heterocycles. The van der Waals surface area contributed by atoms with Crippen molar-refractivity contribution in [2.24, 2.45) is 0 Å². The van der Waals surface area contributed by atoms with Crippen LogP contribution in [0.5, 0.6) is 0 Å². The van der Waals surface area contributed by atoms with Crippen molar-refractivity contribution >= 4 is 5.91 Å². The van der Waals surface area contributed by atoms with Crippen LogP contribution in [0.1, 0.15) is 59.9 Å². The molecule has 1 N–H and O–H groups in total. The van der Waals surface area contributed by atoms with Crippen LogP contribution in [0.3, 0.4) is 0 Å². The number of ether oxygens (including phenoxy) is 1. The highest BCUT2D eigenvalue weighted by Gasteiger charge is 2.42. The number of benzene rings is 1. The Labute approximate surface area is 179 Å². The van der Waals surface area contributed by atoms with E-state index in [0.717, 1.165) is 57.6 Å². The maximum absolute atomic E-state index is 12.3. The highest BCUT2D eigenvalue weighted by atomic mass is 16.5. The fourth-order valence-corrected chi connectivity index (χ4v) is 4.92. The number of carbonyl (C=O) groups is 1. The van der Waals surface area contributed by atoms with Crippen LogP contribution in [0.4, 0.5) is 0 Å². The molecule has 1 aromatic carbocycles. The Balaban J connectivity index is 1.26. The van der Waals surface area contributed by atoms with E-state index in [4.69, 9.17) is 4.74 Å². The van der Waals surface area contributed by atoms with E-state index < -0.39 is 0 Å². The lowest BCUT2D eigenvalue weighted by Gasteiger charge is -2.39. The van der Waals surface area contributed by atoms with Crippen molar-refractivity contribution in [2.75, 3.05) is 19.6 Å². The van der Waals surface area contributed by atoms with E-state index in [0.29, 0.717) is 12.1 Å². The van der Waals surface area contributed by atoms with Crippen molar-refractivity contribution < 1.29 is 9.53 Å². The van der Waals surface area contributed by atoms with Crippen LogP contribution in [0.2, 0.25) is 0 Å². The number of aryl methyl sites for hydroxylation is 2. The normalized spacial score (nSPS) is 21.2. The van der Waals surface area contributed by atoms with Crippen molar-refractivity contribution in [3.63, 3.8) is 0 Å². The minimum absolute atomic E-state index is 0.00364. The summed E-state index contributed by atoms with van der Waals surface area (Å²) >= 11 is 0. The van der Waals surface area contributed by atoms with Crippen LogP contribution >= 0.6 is 0 Å². The van der Waals surface area contributed by atoms with Crippen LogP contribution in [0.15, 0.2) is 30.3 Å². The van der Waals surface area contributed by atoms with E-state index in [-0.39, 0.29) is 17.6 Å². The average molecular weight is 411 g/mol. The summed E-state index contributed by atoms with van der Waals surface area (Å²) in [5.41, 5.74) is 4.52. The van der Waals surface area contributed by atoms with Gasteiger partial charge in [0, 0.05) is 49.5 Å². The van der Waals surface area contributed by atoms with Crippen molar-refractivity contribution in [1.82, 2.24) is 20.0 Å². The predicted molar refractivity (Wildman–Crippen MR) is 117 cm³/mol. The summed E-state index contributed by atoms with van der Waals surface area (Å²) in [5, 5.41) is 7.70. The van der Waals surface area contributed by atoms with E-state index in [1.54, 1.807) is 0 Å². The Kier molecular flexibility index (Phi) is 6.25. The van der Waals surface area contributed by atoms with Gasteiger partial charge in [0.15, 0.2) is 0 Å². The SMILES string of the molecule is CCn1nc(C)c(CN2CCC3(CCC(CNC(=O)c4ccccc4)O3)CC2)c1C. The van der Waals surface area contributed by atoms with Gasteiger partial charge in [-0.2, -0.15) is 5.10 Å². The fourth-order valence-electron chi connectivity index (χ4n) is 4.92. The summed E-state index contributed by atoms with van der Waals surface area (Å²) < 4.78 is 8.59. The van der Waals surface area contributed by atoms with E-state index in [1.807, 2.05) is 30.3 Å². The third-order valence-electron chi connectivity index (χ3n) is 6.84. The summed E-state index contributed by atoms with van der Waals surface area (Å²) in [6.07, 6.45) is 4.37. The van der Waals surface area contributed by atoms with Gasteiger partial charge < -0.3 is 10.1 Å². The Morgan fingerprint density at radius 2 is 1.93 bits per heavy atom. The first-order valence-electron chi connectivity index (χ1n) is 11.3. The van der Waals surface area contributed by atoms with Gasteiger partial charge in [0.1, 0.15) is 0 Å². The van der Waals surface area contributed by atoms with Gasteiger partial charge in [-0.3, -0.25) is 14.4 Å². The van der Waals surface area contributed by atoms with Crippen LogP contribution < -0.4 is 5.32 Å². The number of rotatable bonds is 6. The summed E-state index contributed by atoms with van der Waals surface area (Å²) in [7, 11) is 0. The van der Waals surface area contributed by atoms with E-state index in [9.17, 15) is 4.79 Å². The molecule has 2 aromatic rings. The zero-order valence-corrected chi connectivity index (χ0v) is 18.5. The second kappa shape index (κ2) is 8.90. The molecule has 1 unspecified atom stereocenters. The highest BCUT2D eigenvalue weighted by Crippen LogP contribution is 2.39. The molecule has 6 nitrogen and oxygen atoms in total. The zero-order chi connectivity index (χ0) is 21.1. The number of carbonyl (C=O) groups excluding carboxylic acids is 1. The maximum atomic E-state index is 12.3. The van der Waals surface area contributed by atoms with Crippen molar-refractivity contribution in [1.29, 1.82) is 0 Å². The highest BCUT2D eigenvalue weighted by molar-refractivity contribution is 5.94. The van der Waals surface area contributed by atoms with Gasteiger partial charge in [0.2, 0.25) is 0 Å². The fraction of sp³-hybridized carbons (Fsp3) is 0.583. The molecule has 2 aliphatic heterocycles. The maximum Gasteiger partial charge on any atom is 0.251 e. The number of hydrogen-bond acceptors (Lipinski definition) is 4. The number of amides is 1. The Morgan fingerprint density at radius 3 is 2.60 bits per heavy atom. The molecule has 4 rings (SSSR count). The van der Waals surface area contributed by atoms with Gasteiger partial charge in [0.25, 0.3) is 5.91 Å². The van der Waals surface area contributed by atoms with Gasteiger partial charge in [-0.1, -0.05) is 18.2 Å². The summed E-state index contributed by atoms with van der Waals surface area (Å²) in [4.78, 5) is 14.8. The molecule has 162 valence electrons. The lowest BCUT2D eigenvalue weighted by atomic mass is 9.88. The molecular formula is C24H34N4O2. The first-order valence-corrected chi connectivity index (χ1v) is 11.3. The first-order chi connectivity index (χ1) is 14.5. The molecule has 2 aliphatic rings. The van der Waals surface area contributed by atoms with Gasteiger partial charge in [-0.25, -0.2) is 0 Å². The third kappa shape index (κ3) is 4.44. The van der Waals surface area contributed by atoms with Crippen molar-refractivity contribution in [3.05, 3.63) is 52.8 Å². The molecule has 1 atom stereocenters. The van der Waals surface area contributed by atoms with Crippen LogP contribution in [0, 0.1) is 13.8 Å². The van der Waals surface area contributed by atoms with Crippen molar-refractivity contribution in [2.45, 2.75) is 71.2 Å².